The Balaban J connectivity index is 2.98. The van der Waals surface area contributed by atoms with Gasteiger partial charge in [0.1, 0.15) is 10.8 Å². The molecular weight excluding hydrogens is 347 g/mol. The van der Waals surface area contributed by atoms with Crippen molar-refractivity contribution in [2.75, 3.05) is 6.61 Å². The van der Waals surface area contributed by atoms with Gasteiger partial charge in [-0.05, 0) is 13.0 Å². The Labute approximate surface area is 131 Å². The van der Waals surface area contributed by atoms with E-state index in [-0.39, 0.29) is 6.61 Å². The zero-order valence-corrected chi connectivity index (χ0v) is 12.2. The molecule has 2 heterocycles. The number of pyridine rings is 2. The number of carbonyl (C=O) groups excluding carboxylic acids is 1. The molecule has 0 spiro atoms. The standard InChI is InChI=1S/C13H8ClF5N2O2/c1-2-23-12(22)7-5-3-4-20-10(14)6(5)8(11(15)16)21-9(7)13(17,18)19/h3-4,11H,2H2,1H3. The summed E-state index contributed by atoms with van der Waals surface area (Å²) in [6.07, 6.45) is -7.46. The van der Waals surface area contributed by atoms with Crippen LogP contribution in [0, 0.1) is 0 Å². The molecule has 0 aliphatic rings. The van der Waals surface area contributed by atoms with Gasteiger partial charge in [0.15, 0.2) is 5.69 Å². The predicted molar refractivity (Wildman–Crippen MR) is 70.5 cm³/mol. The molecular formula is C13H8ClF5N2O2. The Morgan fingerprint density at radius 2 is 2.04 bits per heavy atom. The second-order valence-electron chi connectivity index (χ2n) is 4.26. The molecule has 0 radical (unpaired) electrons. The largest absolute Gasteiger partial charge is 0.462 e. The number of aromatic nitrogens is 2. The van der Waals surface area contributed by atoms with Gasteiger partial charge in [0.05, 0.1) is 12.2 Å². The normalized spacial score (nSPS) is 12.0. The van der Waals surface area contributed by atoms with Crippen LogP contribution in [0.15, 0.2) is 12.3 Å². The Hall–Kier alpha value is -2.03. The Kier molecular flexibility index (Phi) is 4.69. The lowest BCUT2D eigenvalue weighted by atomic mass is 10.0. The lowest BCUT2D eigenvalue weighted by molar-refractivity contribution is -0.141. The first kappa shape index (κ1) is 17.3. The molecule has 0 aliphatic carbocycles. The van der Waals surface area contributed by atoms with Crippen LogP contribution >= 0.6 is 11.6 Å². The SMILES string of the molecule is CCOC(=O)c1c(C(F)(F)F)nc(C(F)F)c2c(Cl)nccc12. The van der Waals surface area contributed by atoms with E-state index < -0.39 is 51.4 Å². The summed E-state index contributed by atoms with van der Waals surface area (Å²) < 4.78 is 70.2. The molecule has 0 saturated heterocycles. The van der Waals surface area contributed by atoms with Crippen LogP contribution in [-0.4, -0.2) is 22.5 Å². The molecule has 4 nitrogen and oxygen atoms in total. The molecule has 2 aromatic rings. The van der Waals surface area contributed by atoms with E-state index in [1.54, 1.807) is 0 Å². The number of nitrogens with zero attached hydrogens (tertiary/aromatic N) is 2. The van der Waals surface area contributed by atoms with Crippen LogP contribution in [0.2, 0.25) is 5.15 Å². The zero-order valence-electron chi connectivity index (χ0n) is 11.4. The molecule has 10 heteroatoms. The first-order valence-corrected chi connectivity index (χ1v) is 6.56. The lowest BCUT2D eigenvalue weighted by Gasteiger charge is -2.16. The molecule has 0 amide bonds. The molecule has 0 aliphatic heterocycles. The van der Waals surface area contributed by atoms with Crippen LogP contribution in [0.3, 0.4) is 0 Å². The van der Waals surface area contributed by atoms with Crippen LogP contribution in [-0.2, 0) is 10.9 Å². The molecule has 0 unspecified atom stereocenters. The van der Waals surface area contributed by atoms with Crippen molar-refractivity contribution in [1.29, 1.82) is 0 Å². The molecule has 2 rings (SSSR count). The summed E-state index contributed by atoms with van der Waals surface area (Å²) in [5.74, 6) is -1.33. The van der Waals surface area contributed by atoms with Crippen molar-refractivity contribution in [2.45, 2.75) is 19.5 Å². The first-order chi connectivity index (χ1) is 10.7. The van der Waals surface area contributed by atoms with Crippen LogP contribution in [0.1, 0.15) is 35.1 Å². The van der Waals surface area contributed by atoms with Crippen LogP contribution in [0.25, 0.3) is 10.8 Å². The maximum Gasteiger partial charge on any atom is 0.434 e. The maximum atomic E-state index is 13.2. The number of ether oxygens (including phenoxy) is 1. The fourth-order valence-corrected chi connectivity index (χ4v) is 2.28. The molecule has 2 aromatic heterocycles. The van der Waals surface area contributed by atoms with Gasteiger partial charge >= 0.3 is 12.1 Å². The van der Waals surface area contributed by atoms with Crippen molar-refractivity contribution in [3.8, 4) is 0 Å². The summed E-state index contributed by atoms with van der Waals surface area (Å²) in [5, 5.41) is -1.44. The van der Waals surface area contributed by atoms with E-state index >= 15 is 0 Å². The van der Waals surface area contributed by atoms with E-state index in [4.69, 9.17) is 11.6 Å². The van der Waals surface area contributed by atoms with E-state index in [0.29, 0.717) is 0 Å². The number of carbonyl (C=O) groups is 1. The minimum atomic E-state index is -5.13. The molecule has 0 fully saturated rings. The summed E-state index contributed by atoms with van der Waals surface area (Å²) in [4.78, 5) is 18.4. The molecule has 0 atom stereocenters. The lowest BCUT2D eigenvalue weighted by Crippen LogP contribution is -2.19. The van der Waals surface area contributed by atoms with Gasteiger partial charge in [0, 0.05) is 17.0 Å². The highest BCUT2D eigenvalue weighted by Crippen LogP contribution is 2.39. The minimum Gasteiger partial charge on any atom is -0.462 e. The van der Waals surface area contributed by atoms with Gasteiger partial charge in [-0.3, -0.25) is 0 Å². The van der Waals surface area contributed by atoms with Gasteiger partial charge in [0.25, 0.3) is 6.43 Å². The van der Waals surface area contributed by atoms with Crippen molar-refractivity contribution in [3.05, 3.63) is 34.4 Å². The third-order valence-electron chi connectivity index (χ3n) is 2.85. The molecule has 124 valence electrons. The number of hydrogen-bond donors (Lipinski definition) is 0. The van der Waals surface area contributed by atoms with Gasteiger partial charge < -0.3 is 4.74 Å². The maximum absolute atomic E-state index is 13.2. The van der Waals surface area contributed by atoms with Crippen molar-refractivity contribution >= 4 is 28.3 Å². The van der Waals surface area contributed by atoms with Crippen LogP contribution in [0.4, 0.5) is 22.0 Å². The van der Waals surface area contributed by atoms with E-state index in [9.17, 15) is 26.7 Å². The Morgan fingerprint density at radius 1 is 1.39 bits per heavy atom. The van der Waals surface area contributed by atoms with E-state index in [1.165, 1.54) is 6.92 Å². The topological polar surface area (TPSA) is 52.1 Å². The predicted octanol–water partition coefficient (Wildman–Crippen LogP) is 4.42. The van der Waals surface area contributed by atoms with Crippen LogP contribution in [0.5, 0.6) is 0 Å². The highest BCUT2D eigenvalue weighted by molar-refractivity contribution is 6.35. The number of rotatable bonds is 3. The third kappa shape index (κ3) is 3.19. The molecule has 23 heavy (non-hydrogen) atoms. The smallest absolute Gasteiger partial charge is 0.434 e. The molecule has 0 N–H and O–H groups in total. The van der Waals surface area contributed by atoms with Gasteiger partial charge in [-0.1, -0.05) is 11.6 Å². The Bertz CT molecular complexity index is 764. The number of hydrogen-bond acceptors (Lipinski definition) is 4. The summed E-state index contributed by atoms with van der Waals surface area (Å²) in [6.45, 7) is 1.19. The quantitative estimate of drug-likeness (QED) is 0.465. The second kappa shape index (κ2) is 6.23. The summed E-state index contributed by atoms with van der Waals surface area (Å²) in [5.41, 5.74) is -3.91. The van der Waals surface area contributed by atoms with Crippen molar-refractivity contribution in [1.82, 2.24) is 9.97 Å². The average molecular weight is 355 g/mol. The third-order valence-corrected chi connectivity index (χ3v) is 3.14. The van der Waals surface area contributed by atoms with Gasteiger partial charge in [-0.2, -0.15) is 13.2 Å². The van der Waals surface area contributed by atoms with Crippen LogP contribution < -0.4 is 0 Å². The Morgan fingerprint density at radius 3 is 2.57 bits per heavy atom. The van der Waals surface area contributed by atoms with Crippen molar-refractivity contribution < 1.29 is 31.5 Å². The van der Waals surface area contributed by atoms with Gasteiger partial charge in [0.2, 0.25) is 0 Å². The van der Waals surface area contributed by atoms with Gasteiger partial charge in [-0.15, -0.1) is 0 Å². The molecule has 0 aromatic carbocycles. The minimum absolute atomic E-state index is 0.201. The van der Waals surface area contributed by atoms with E-state index in [1.807, 2.05) is 0 Å². The van der Waals surface area contributed by atoms with Crippen molar-refractivity contribution in [3.63, 3.8) is 0 Å². The number of esters is 1. The number of alkyl halides is 5. The molecule has 0 bridgehead atoms. The van der Waals surface area contributed by atoms with Gasteiger partial charge in [-0.25, -0.2) is 23.5 Å². The second-order valence-corrected chi connectivity index (χ2v) is 4.62. The fraction of sp³-hybridized carbons (Fsp3) is 0.308. The summed E-state index contributed by atoms with van der Waals surface area (Å²) >= 11 is 5.71. The average Bonchev–Trinajstić information content (AvgIpc) is 2.44. The summed E-state index contributed by atoms with van der Waals surface area (Å²) in [7, 11) is 0. The molecule has 0 saturated carbocycles. The monoisotopic (exact) mass is 354 g/mol. The van der Waals surface area contributed by atoms with E-state index in [2.05, 4.69) is 14.7 Å². The van der Waals surface area contributed by atoms with Crippen molar-refractivity contribution in [2.24, 2.45) is 0 Å². The zero-order chi connectivity index (χ0) is 17.4. The summed E-state index contributed by atoms with van der Waals surface area (Å²) in [6, 6.07) is 0.982. The van der Waals surface area contributed by atoms with E-state index in [0.717, 1.165) is 12.3 Å². The fourth-order valence-electron chi connectivity index (χ4n) is 2.02. The first-order valence-electron chi connectivity index (χ1n) is 6.19. The highest BCUT2D eigenvalue weighted by Gasteiger charge is 2.41. The highest BCUT2D eigenvalue weighted by atomic mass is 35.5. The number of fused-ring (bicyclic) bond motifs is 1. The number of halogens is 6.